The topological polar surface area (TPSA) is 68.3 Å². The van der Waals surface area contributed by atoms with Crippen molar-refractivity contribution in [3.05, 3.63) is 28.3 Å². The van der Waals surface area contributed by atoms with Crippen molar-refractivity contribution in [1.29, 1.82) is 0 Å². The van der Waals surface area contributed by atoms with Gasteiger partial charge in [-0.3, -0.25) is 9.59 Å². The van der Waals surface area contributed by atoms with Crippen molar-refractivity contribution >= 4 is 21.4 Å². The second-order valence-corrected chi connectivity index (χ2v) is 8.87. The number of rotatable bonds is 3. The van der Waals surface area contributed by atoms with Gasteiger partial charge in [-0.15, -0.1) is 0 Å². The number of ketones is 2. The van der Waals surface area contributed by atoms with Crippen molar-refractivity contribution in [2.45, 2.75) is 57.8 Å². The Morgan fingerprint density at radius 3 is 2.36 bits per heavy atom. The highest BCUT2D eigenvalue weighted by atomic mass is 32.2. The summed E-state index contributed by atoms with van der Waals surface area (Å²) < 4.78 is 24.9. The van der Waals surface area contributed by atoms with E-state index in [4.69, 9.17) is 0 Å². The van der Waals surface area contributed by atoms with Crippen LogP contribution in [0.1, 0.15) is 60.7 Å². The smallest absolute Gasteiger partial charge is 0.178 e. The summed E-state index contributed by atoms with van der Waals surface area (Å²) in [7, 11) is -3.31. The van der Waals surface area contributed by atoms with Crippen molar-refractivity contribution in [3.63, 3.8) is 0 Å². The van der Waals surface area contributed by atoms with Gasteiger partial charge in [0.1, 0.15) is 5.78 Å². The first kappa shape index (κ1) is 16.9. The Balaban J connectivity index is 2.78. The summed E-state index contributed by atoms with van der Waals surface area (Å²) in [5.41, 5.74) is 2.20. The third kappa shape index (κ3) is 2.74. The van der Waals surface area contributed by atoms with Crippen molar-refractivity contribution in [2.75, 3.05) is 5.75 Å². The van der Waals surface area contributed by atoms with Crippen LogP contribution in [0.2, 0.25) is 0 Å². The number of Topliss-reactive ketones (excluding diaryl/α,β-unsaturated/α-hetero) is 2. The van der Waals surface area contributed by atoms with Gasteiger partial charge >= 0.3 is 0 Å². The van der Waals surface area contributed by atoms with Gasteiger partial charge in [0.15, 0.2) is 15.6 Å². The number of hydrogen-bond acceptors (Lipinski definition) is 4. The number of fused-ring (bicyclic) bond motifs is 1. The van der Waals surface area contributed by atoms with Gasteiger partial charge in [0.2, 0.25) is 0 Å². The molecule has 0 saturated carbocycles. The largest absolute Gasteiger partial charge is 0.300 e. The normalized spacial score (nSPS) is 18.6. The van der Waals surface area contributed by atoms with Crippen LogP contribution in [-0.2, 0) is 20.0 Å². The SMILES string of the molecule is CC(=O)CC(=O)c1cc(C)c2c(c1C)C(C)(C)CCS2(=O)=O. The Hall–Kier alpha value is -1.49. The Bertz CT molecular complexity index is 770. The quantitative estimate of drug-likeness (QED) is 0.634. The maximum atomic E-state index is 12.5. The van der Waals surface area contributed by atoms with Crippen LogP contribution in [0.3, 0.4) is 0 Å². The van der Waals surface area contributed by atoms with Crippen molar-refractivity contribution < 1.29 is 18.0 Å². The van der Waals surface area contributed by atoms with Gasteiger partial charge in [-0.25, -0.2) is 8.42 Å². The predicted octanol–water partition coefficient (Wildman–Crippen LogP) is 2.92. The molecular formula is C17H22O4S. The lowest BCUT2D eigenvalue weighted by atomic mass is 9.77. The molecule has 2 rings (SSSR count). The molecule has 0 atom stereocenters. The lowest BCUT2D eigenvalue weighted by Crippen LogP contribution is -2.33. The van der Waals surface area contributed by atoms with E-state index >= 15 is 0 Å². The van der Waals surface area contributed by atoms with E-state index in [2.05, 4.69) is 0 Å². The Morgan fingerprint density at radius 1 is 1.23 bits per heavy atom. The number of carbonyl (C=O) groups is 2. The fourth-order valence-corrected chi connectivity index (χ4v) is 5.61. The molecule has 0 aliphatic carbocycles. The molecule has 0 N–H and O–H groups in total. The molecule has 5 heteroatoms. The summed E-state index contributed by atoms with van der Waals surface area (Å²) in [4.78, 5) is 23.9. The second-order valence-electron chi connectivity index (χ2n) is 6.82. The zero-order valence-electron chi connectivity index (χ0n) is 13.7. The molecule has 0 unspecified atom stereocenters. The minimum Gasteiger partial charge on any atom is -0.300 e. The number of hydrogen-bond donors (Lipinski definition) is 0. The Kier molecular flexibility index (Phi) is 4.07. The molecule has 0 bridgehead atoms. The van der Waals surface area contributed by atoms with Gasteiger partial charge < -0.3 is 0 Å². The molecule has 1 aliphatic rings. The van der Waals surface area contributed by atoms with E-state index in [1.165, 1.54) is 6.92 Å². The van der Waals surface area contributed by atoms with Crippen molar-refractivity contribution in [3.8, 4) is 0 Å². The van der Waals surface area contributed by atoms with Crippen LogP contribution in [0.4, 0.5) is 0 Å². The number of aryl methyl sites for hydroxylation is 1. The highest BCUT2D eigenvalue weighted by molar-refractivity contribution is 7.91. The Morgan fingerprint density at radius 2 is 1.82 bits per heavy atom. The molecule has 0 radical (unpaired) electrons. The van der Waals surface area contributed by atoms with Crippen LogP contribution in [0.25, 0.3) is 0 Å². The van der Waals surface area contributed by atoms with E-state index in [0.29, 0.717) is 28.0 Å². The second kappa shape index (κ2) is 5.30. The molecule has 0 spiro atoms. The fraction of sp³-hybridized carbons (Fsp3) is 0.529. The van der Waals surface area contributed by atoms with E-state index in [1.54, 1.807) is 19.9 Å². The third-order valence-electron chi connectivity index (χ3n) is 4.42. The molecule has 0 amide bonds. The number of carbonyl (C=O) groups excluding carboxylic acids is 2. The van der Waals surface area contributed by atoms with E-state index in [1.807, 2.05) is 13.8 Å². The maximum absolute atomic E-state index is 12.5. The minimum absolute atomic E-state index is 0.133. The summed E-state index contributed by atoms with van der Waals surface area (Å²) in [5.74, 6) is -0.296. The lowest BCUT2D eigenvalue weighted by molar-refractivity contribution is -0.116. The van der Waals surface area contributed by atoms with Crippen LogP contribution in [0, 0.1) is 13.8 Å². The van der Waals surface area contributed by atoms with Gasteiger partial charge in [-0.1, -0.05) is 13.8 Å². The third-order valence-corrected chi connectivity index (χ3v) is 6.31. The first-order valence-electron chi connectivity index (χ1n) is 7.37. The van der Waals surface area contributed by atoms with Crippen LogP contribution < -0.4 is 0 Å². The number of sulfone groups is 1. The minimum atomic E-state index is -3.31. The van der Waals surface area contributed by atoms with Gasteiger partial charge in [-0.05, 0) is 55.4 Å². The first-order valence-corrected chi connectivity index (χ1v) is 9.02. The van der Waals surface area contributed by atoms with Crippen molar-refractivity contribution in [2.24, 2.45) is 0 Å². The van der Waals surface area contributed by atoms with Crippen LogP contribution in [0.15, 0.2) is 11.0 Å². The molecule has 1 heterocycles. The summed E-state index contributed by atoms with van der Waals surface area (Å²) in [6.07, 6.45) is 0.388. The maximum Gasteiger partial charge on any atom is 0.178 e. The highest BCUT2D eigenvalue weighted by Gasteiger charge is 2.39. The van der Waals surface area contributed by atoms with E-state index in [9.17, 15) is 18.0 Å². The van der Waals surface area contributed by atoms with Gasteiger partial charge in [0.25, 0.3) is 0 Å². The van der Waals surface area contributed by atoms with Crippen LogP contribution >= 0.6 is 0 Å². The Labute approximate surface area is 131 Å². The molecule has 1 aliphatic heterocycles. The fourth-order valence-electron chi connectivity index (χ4n) is 3.34. The molecule has 0 fully saturated rings. The standard InChI is InChI=1S/C17H22O4S/c1-10-8-13(14(19)9-11(2)18)12(3)15-16(10)22(20,21)7-6-17(15,4)5/h8H,6-7,9H2,1-5H3. The van der Waals surface area contributed by atoms with E-state index in [0.717, 1.165) is 5.56 Å². The number of benzene rings is 1. The van der Waals surface area contributed by atoms with E-state index < -0.39 is 9.84 Å². The molecule has 1 aromatic rings. The summed E-state index contributed by atoms with van der Waals surface area (Å²) in [6, 6.07) is 1.62. The monoisotopic (exact) mass is 322 g/mol. The van der Waals surface area contributed by atoms with Gasteiger partial charge in [0.05, 0.1) is 17.1 Å². The summed E-state index contributed by atoms with van der Waals surface area (Å²) >= 11 is 0. The summed E-state index contributed by atoms with van der Waals surface area (Å²) in [6.45, 7) is 8.90. The molecule has 0 saturated heterocycles. The van der Waals surface area contributed by atoms with Crippen LogP contribution in [0.5, 0.6) is 0 Å². The van der Waals surface area contributed by atoms with Gasteiger partial charge in [-0.2, -0.15) is 0 Å². The molecule has 22 heavy (non-hydrogen) atoms. The highest BCUT2D eigenvalue weighted by Crippen LogP contribution is 2.43. The first-order chi connectivity index (χ1) is 9.97. The van der Waals surface area contributed by atoms with Crippen molar-refractivity contribution in [1.82, 2.24) is 0 Å². The zero-order valence-corrected chi connectivity index (χ0v) is 14.6. The molecule has 1 aromatic carbocycles. The molecule has 0 aromatic heterocycles. The molecule has 4 nitrogen and oxygen atoms in total. The zero-order chi connectivity index (χ0) is 16.9. The average Bonchev–Trinajstić information content (AvgIpc) is 2.36. The molecule has 120 valence electrons. The average molecular weight is 322 g/mol. The lowest BCUT2D eigenvalue weighted by Gasteiger charge is -2.35. The van der Waals surface area contributed by atoms with Gasteiger partial charge in [0, 0.05) is 5.56 Å². The summed E-state index contributed by atoms with van der Waals surface area (Å²) in [5, 5.41) is 0. The van der Waals surface area contributed by atoms with Crippen LogP contribution in [-0.4, -0.2) is 25.7 Å². The predicted molar refractivity (Wildman–Crippen MR) is 85.2 cm³/mol. The van der Waals surface area contributed by atoms with E-state index in [-0.39, 0.29) is 29.2 Å². The molecular weight excluding hydrogens is 300 g/mol.